The number of allylic oxidation sites excluding steroid dienone is 2. The lowest BCUT2D eigenvalue weighted by molar-refractivity contribution is 0.297. The Bertz CT molecular complexity index is 255. The largest absolute Gasteiger partial charge is 0.270 e. The summed E-state index contributed by atoms with van der Waals surface area (Å²) < 4.78 is 25.8. The molecule has 0 aromatic carbocycles. The van der Waals surface area contributed by atoms with Gasteiger partial charge in [-0.15, -0.1) is 0 Å². The first-order chi connectivity index (χ1) is 6.58. The van der Waals surface area contributed by atoms with Gasteiger partial charge in [-0.1, -0.05) is 26.0 Å². The van der Waals surface area contributed by atoms with Gasteiger partial charge in [-0.3, -0.25) is 4.18 Å². The summed E-state index contributed by atoms with van der Waals surface area (Å²) in [6.07, 6.45) is 8.40. The Morgan fingerprint density at radius 1 is 1.43 bits per heavy atom. The van der Waals surface area contributed by atoms with Crippen molar-refractivity contribution in [1.82, 2.24) is 0 Å². The van der Waals surface area contributed by atoms with E-state index in [2.05, 4.69) is 16.3 Å². The number of rotatable bonds is 4. The molecule has 0 radical (unpaired) electrons. The third-order valence-corrected chi connectivity index (χ3v) is 2.49. The third kappa shape index (κ3) is 7.09. The highest BCUT2D eigenvalue weighted by molar-refractivity contribution is 7.85. The molecule has 0 saturated heterocycles. The predicted octanol–water partition coefficient (Wildman–Crippen LogP) is 2.35. The van der Waals surface area contributed by atoms with E-state index in [9.17, 15) is 8.42 Å². The molecule has 0 fully saturated rings. The van der Waals surface area contributed by atoms with Gasteiger partial charge in [0.2, 0.25) is 0 Å². The van der Waals surface area contributed by atoms with Gasteiger partial charge < -0.3 is 0 Å². The maximum atomic E-state index is 10.6. The second-order valence-electron chi connectivity index (χ2n) is 3.08. The Hall–Kier alpha value is -0.350. The van der Waals surface area contributed by atoms with Gasteiger partial charge in [0.15, 0.2) is 0 Å². The van der Waals surface area contributed by atoms with Crippen molar-refractivity contribution in [2.45, 2.75) is 33.1 Å². The van der Waals surface area contributed by atoms with Crippen LogP contribution in [0.5, 0.6) is 0 Å². The predicted molar refractivity (Wildman–Crippen MR) is 58.6 cm³/mol. The minimum Gasteiger partial charge on any atom is -0.270 e. The molecule has 0 aromatic heterocycles. The first kappa shape index (κ1) is 13.7. The van der Waals surface area contributed by atoms with E-state index in [1.54, 1.807) is 0 Å². The molecule has 1 unspecified atom stereocenters. The van der Waals surface area contributed by atoms with Crippen LogP contribution >= 0.6 is 0 Å². The lowest BCUT2D eigenvalue weighted by Gasteiger charge is -2.05. The molecule has 0 saturated carbocycles. The lowest BCUT2D eigenvalue weighted by atomic mass is 10.1. The SMILES string of the molecule is CC.CS(=O)(=O)OCCC1C=CCC1. The maximum Gasteiger partial charge on any atom is 0.264 e. The molecule has 0 aliphatic heterocycles. The molecular formula is C10H20O3S. The van der Waals surface area contributed by atoms with Gasteiger partial charge in [0.05, 0.1) is 12.9 Å². The Morgan fingerprint density at radius 2 is 2.07 bits per heavy atom. The molecule has 0 spiro atoms. The quantitative estimate of drug-likeness (QED) is 0.539. The Balaban J connectivity index is 0.000000791. The summed E-state index contributed by atoms with van der Waals surface area (Å²) in [7, 11) is -3.24. The highest BCUT2D eigenvalue weighted by atomic mass is 32.2. The van der Waals surface area contributed by atoms with E-state index in [1.165, 1.54) is 0 Å². The average molecular weight is 220 g/mol. The third-order valence-electron chi connectivity index (χ3n) is 1.90. The fraction of sp³-hybridized carbons (Fsp3) is 0.800. The molecule has 1 aliphatic carbocycles. The molecule has 84 valence electrons. The molecule has 0 N–H and O–H groups in total. The fourth-order valence-corrected chi connectivity index (χ4v) is 1.69. The average Bonchev–Trinajstić information content (AvgIpc) is 2.58. The van der Waals surface area contributed by atoms with E-state index < -0.39 is 10.1 Å². The van der Waals surface area contributed by atoms with Gasteiger partial charge in [0, 0.05) is 0 Å². The molecule has 1 atom stereocenters. The lowest BCUT2D eigenvalue weighted by Crippen LogP contribution is -2.06. The van der Waals surface area contributed by atoms with Gasteiger partial charge in [0.25, 0.3) is 10.1 Å². The summed E-state index contributed by atoms with van der Waals surface area (Å²) in [5.74, 6) is 0.520. The Morgan fingerprint density at radius 3 is 2.50 bits per heavy atom. The van der Waals surface area contributed by atoms with Crippen molar-refractivity contribution in [3.8, 4) is 0 Å². The highest BCUT2D eigenvalue weighted by Gasteiger charge is 2.10. The standard InChI is InChI=1S/C8H14O3S.C2H6/c1-12(9,10)11-7-6-8-4-2-3-5-8;1-2/h2,4,8H,3,5-7H2,1H3;1-2H3. The molecule has 4 heteroatoms. The zero-order chi connectivity index (χ0) is 11.0. The molecular weight excluding hydrogens is 200 g/mol. The van der Waals surface area contributed by atoms with Gasteiger partial charge in [0.1, 0.15) is 0 Å². The smallest absolute Gasteiger partial charge is 0.264 e. The van der Waals surface area contributed by atoms with Crippen LogP contribution in [-0.4, -0.2) is 21.3 Å². The summed E-state index contributed by atoms with van der Waals surface area (Å²) in [5.41, 5.74) is 0. The second kappa shape index (κ2) is 7.01. The van der Waals surface area contributed by atoms with Crippen LogP contribution in [0.4, 0.5) is 0 Å². The molecule has 0 heterocycles. The van der Waals surface area contributed by atoms with Crippen molar-refractivity contribution in [3.05, 3.63) is 12.2 Å². The van der Waals surface area contributed by atoms with E-state index in [-0.39, 0.29) is 0 Å². The van der Waals surface area contributed by atoms with Crippen LogP contribution in [0.3, 0.4) is 0 Å². The molecule has 1 rings (SSSR count). The Kier molecular flexibility index (Phi) is 6.83. The summed E-state index contributed by atoms with van der Waals surface area (Å²) in [4.78, 5) is 0. The van der Waals surface area contributed by atoms with E-state index in [4.69, 9.17) is 0 Å². The molecule has 1 aliphatic rings. The van der Waals surface area contributed by atoms with Crippen LogP contribution in [0.1, 0.15) is 33.1 Å². The summed E-state index contributed by atoms with van der Waals surface area (Å²) in [6, 6.07) is 0. The van der Waals surface area contributed by atoms with Crippen molar-refractivity contribution >= 4 is 10.1 Å². The van der Waals surface area contributed by atoms with E-state index >= 15 is 0 Å². The van der Waals surface area contributed by atoms with Crippen LogP contribution in [-0.2, 0) is 14.3 Å². The molecule has 0 bridgehead atoms. The van der Waals surface area contributed by atoms with Crippen LogP contribution in [0.15, 0.2) is 12.2 Å². The normalized spacial score (nSPS) is 20.4. The van der Waals surface area contributed by atoms with Crippen LogP contribution < -0.4 is 0 Å². The van der Waals surface area contributed by atoms with Crippen molar-refractivity contribution in [3.63, 3.8) is 0 Å². The van der Waals surface area contributed by atoms with Gasteiger partial charge >= 0.3 is 0 Å². The zero-order valence-corrected chi connectivity index (χ0v) is 10.0. The van der Waals surface area contributed by atoms with Crippen molar-refractivity contribution in [2.24, 2.45) is 5.92 Å². The minimum absolute atomic E-state index is 0.313. The monoisotopic (exact) mass is 220 g/mol. The number of hydrogen-bond acceptors (Lipinski definition) is 3. The highest BCUT2D eigenvalue weighted by Crippen LogP contribution is 2.20. The molecule has 0 aromatic rings. The summed E-state index contributed by atoms with van der Waals surface area (Å²) in [6.45, 7) is 4.31. The minimum atomic E-state index is -3.24. The summed E-state index contributed by atoms with van der Waals surface area (Å²) >= 11 is 0. The first-order valence-corrected chi connectivity index (χ1v) is 6.90. The molecule has 3 nitrogen and oxygen atoms in total. The summed E-state index contributed by atoms with van der Waals surface area (Å²) in [5, 5.41) is 0. The van der Waals surface area contributed by atoms with Crippen molar-refractivity contribution < 1.29 is 12.6 Å². The number of hydrogen-bond donors (Lipinski definition) is 0. The van der Waals surface area contributed by atoms with E-state index in [0.29, 0.717) is 12.5 Å². The van der Waals surface area contributed by atoms with E-state index in [1.807, 2.05) is 13.8 Å². The topological polar surface area (TPSA) is 43.4 Å². The van der Waals surface area contributed by atoms with Gasteiger partial charge in [-0.2, -0.15) is 8.42 Å². The van der Waals surface area contributed by atoms with Crippen molar-refractivity contribution in [1.29, 1.82) is 0 Å². The Labute approximate surface area is 87.3 Å². The van der Waals surface area contributed by atoms with E-state index in [0.717, 1.165) is 25.5 Å². The van der Waals surface area contributed by atoms with Crippen LogP contribution in [0.2, 0.25) is 0 Å². The van der Waals surface area contributed by atoms with Gasteiger partial charge in [-0.25, -0.2) is 0 Å². The first-order valence-electron chi connectivity index (χ1n) is 5.09. The van der Waals surface area contributed by atoms with Gasteiger partial charge in [-0.05, 0) is 25.2 Å². The van der Waals surface area contributed by atoms with Crippen molar-refractivity contribution in [2.75, 3.05) is 12.9 Å². The zero-order valence-electron chi connectivity index (χ0n) is 9.19. The molecule has 14 heavy (non-hydrogen) atoms. The second-order valence-corrected chi connectivity index (χ2v) is 4.72. The fourth-order valence-electron chi connectivity index (χ4n) is 1.29. The van der Waals surface area contributed by atoms with Crippen LogP contribution in [0.25, 0.3) is 0 Å². The molecule has 0 amide bonds. The maximum absolute atomic E-state index is 10.6. The van der Waals surface area contributed by atoms with Crippen LogP contribution in [0, 0.1) is 5.92 Å².